The molecule has 1 fully saturated rings. The second-order valence-electron chi connectivity index (χ2n) is 5.37. The lowest BCUT2D eigenvalue weighted by Crippen LogP contribution is -2.31. The summed E-state index contributed by atoms with van der Waals surface area (Å²) in [5.74, 6) is 0.765. The second-order valence-corrected chi connectivity index (χ2v) is 6.35. The number of hydrogen-bond donors (Lipinski definition) is 0. The van der Waals surface area contributed by atoms with Gasteiger partial charge in [0.15, 0.2) is 0 Å². The normalized spacial score (nSPS) is 24.4. The number of carbonyl (C=O) groups is 1. The van der Waals surface area contributed by atoms with Crippen LogP contribution < -0.4 is 4.90 Å². The monoisotopic (exact) mass is 323 g/mol. The second kappa shape index (κ2) is 5.25. The highest BCUT2D eigenvalue weighted by molar-refractivity contribution is 9.09. The third-order valence-corrected chi connectivity index (χ3v) is 5.42. The van der Waals surface area contributed by atoms with E-state index in [-0.39, 0.29) is 5.91 Å². The fraction of sp³-hybridized carbons (Fsp3) is 0.533. The van der Waals surface area contributed by atoms with Gasteiger partial charge in [-0.2, -0.15) is 0 Å². The summed E-state index contributed by atoms with van der Waals surface area (Å²) in [4.78, 5) is 13.8. The molecule has 3 nitrogen and oxygen atoms in total. The summed E-state index contributed by atoms with van der Waals surface area (Å²) in [6, 6.07) is 6.45. The molecule has 4 heteroatoms. The van der Waals surface area contributed by atoms with E-state index in [1.165, 1.54) is 11.1 Å². The van der Waals surface area contributed by atoms with Gasteiger partial charge in [-0.15, -0.1) is 0 Å². The number of carbonyl (C=O) groups excluding carboxylic acids is 1. The van der Waals surface area contributed by atoms with Crippen LogP contribution in [-0.2, 0) is 16.0 Å². The Hall–Kier alpha value is -0.870. The van der Waals surface area contributed by atoms with Gasteiger partial charge in [0.05, 0.1) is 6.61 Å². The molecule has 1 aromatic carbocycles. The number of amides is 1. The molecule has 2 atom stereocenters. The third kappa shape index (κ3) is 2.43. The summed E-state index contributed by atoms with van der Waals surface area (Å²) in [7, 11) is 1.86. The Morgan fingerprint density at radius 3 is 3.00 bits per heavy atom. The van der Waals surface area contributed by atoms with Gasteiger partial charge in [0, 0.05) is 36.5 Å². The summed E-state index contributed by atoms with van der Waals surface area (Å²) >= 11 is 3.81. The molecule has 1 aromatic rings. The van der Waals surface area contributed by atoms with Gasteiger partial charge < -0.3 is 9.64 Å². The zero-order valence-corrected chi connectivity index (χ0v) is 12.6. The average molecular weight is 324 g/mol. The molecule has 0 aliphatic carbocycles. The van der Waals surface area contributed by atoms with Crippen LogP contribution in [0.2, 0.25) is 0 Å². The van der Waals surface area contributed by atoms with Crippen LogP contribution >= 0.6 is 15.9 Å². The van der Waals surface area contributed by atoms with Crippen molar-refractivity contribution in [3.8, 4) is 0 Å². The van der Waals surface area contributed by atoms with Gasteiger partial charge in [-0.05, 0) is 30.0 Å². The smallest absolute Gasteiger partial charge is 0.227 e. The number of ether oxygens (including phenoxy) is 1. The summed E-state index contributed by atoms with van der Waals surface area (Å²) in [5.41, 5.74) is 3.64. The van der Waals surface area contributed by atoms with Gasteiger partial charge in [0.25, 0.3) is 0 Å². The number of hydrogen-bond acceptors (Lipinski definition) is 2. The molecular weight excluding hydrogens is 306 g/mol. The van der Waals surface area contributed by atoms with Crippen LogP contribution in [0.4, 0.5) is 5.69 Å². The van der Waals surface area contributed by atoms with E-state index in [1.807, 2.05) is 7.05 Å². The van der Waals surface area contributed by atoms with E-state index in [0.717, 1.165) is 31.7 Å². The molecule has 2 aliphatic rings. The zero-order valence-electron chi connectivity index (χ0n) is 11.1. The Morgan fingerprint density at radius 1 is 1.42 bits per heavy atom. The highest BCUT2D eigenvalue weighted by atomic mass is 79.9. The predicted molar refractivity (Wildman–Crippen MR) is 78.8 cm³/mol. The Balaban J connectivity index is 1.87. The van der Waals surface area contributed by atoms with Crippen molar-refractivity contribution >= 4 is 27.5 Å². The number of fused-ring (bicyclic) bond motifs is 1. The van der Waals surface area contributed by atoms with Crippen molar-refractivity contribution in [2.45, 2.75) is 24.1 Å². The van der Waals surface area contributed by atoms with E-state index >= 15 is 0 Å². The minimum absolute atomic E-state index is 0.208. The fourth-order valence-corrected chi connectivity index (χ4v) is 3.61. The lowest BCUT2D eigenvalue weighted by atomic mass is 9.93. The van der Waals surface area contributed by atoms with E-state index in [9.17, 15) is 4.79 Å². The number of halogens is 1. The fourth-order valence-electron chi connectivity index (χ4n) is 2.90. The SMILES string of the molecule is CN1C(=O)CCc2cc(C(Br)C3CCOC3)ccc21. The first-order chi connectivity index (χ1) is 9.16. The molecule has 0 radical (unpaired) electrons. The van der Waals surface area contributed by atoms with Crippen LogP contribution in [0.15, 0.2) is 18.2 Å². The maximum Gasteiger partial charge on any atom is 0.227 e. The molecule has 2 aliphatic heterocycles. The number of nitrogens with zero attached hydrogens (tertiary/aromatic N) is 1. The van der Waals surface area contributed by atoms with Crippen molar-refractivity contribution in [1.29, 1.82) is 0 Å². The van der Waals surface area contributed by atoms with Crippen LogP contribution in [0.25, 0.3) is 0 Å². The summed E-state index contributed by atoms with van der Waals surface area (Å²) in [5, 5.41) is 0. The van der Waals surface area contributed by atoms with E-state index in [1.54, 1.807) is 4.90 Å². The Morgan fingerprint density at radius 2 is 2.26 bits per heavy atom. The van der Waals surface area contributed by atoms with Crippen molar-refractivity contribution in [3.63, 3.8) is 0 Å². The van der Waals surface area contributed by atoms with Gasteiger partial charge in [0.1, 0.15) is 0 Å². The number of rotatable bonds is 2. The molecule has 3 rings (SSSR count). The van der Waals surface area contributed by atoms with Crippen molar-refractivity contribution in [1.82, 2.24) is 0 Å². The van der Waals surface area contributed by atoms with Gasteiger partial charge in [-0.25, -0.2) is 0 Å². The van der Waals surface area contributed by atoms with Gasteiger partial charge in [-0.3, -0.25) is 4.79 Å². The van der Waals surface area contributed by atoms with E-state index in [0.29, 0.717) is 17.2 Å². The van der Waals surface area contributed by atoms with Crippen molar-refractivity contribution < 1.29 is 9.53 Å². The topological polar surface area (TPSA) is 29.5 Å². The average Bonchev–Trinajstić information content (AvgIpc) is 2.96. The predicted octanol–water partition coefficient (Wildman–Crippen LogP) is 3.07. The Kier molecular flexibility index (Phi) is 3.63. The minimum atomic E-state index is 0.208. The van der Waals surface area contributed by atoms with Crippen molar-refractivity contribution in [2.24, 2.45) is 5.92 Å². The Bertz CT molecular complexity index is 497. The highest BCUT2D eigenvalue weighted by Crippen LogP contribution is 2.38. The van der Waals surface area contributed by atoms with E-state index < -0.39 is 0 Å². The molecular formula is C15H18BrNO2. The maximum absolute atomic E-state index is 11.7. The number of aryl methyl sites for hydroxylation is 1. The van der Waals surface area contributed by atoms with E-state index in [4.69, 9.17) is 4.74 Å². The van der Waals surface area contributed by atoms with Crippen LogP contribution in [0.3, 0.4) is 0 Å². The maximum atomic E-state index is 11.7. The number of anilines is 1. The van der Waals surface area contributed by atoms with Crippen LogP contribution in [0, 0.1) is 5.92 Å². The first-order valence-corrected chi connectivity index (χ1v) is 7.69. The molecule has 0 spiro atoms. The lowest BCUT2D eigenvalue weighted by molar-refractivity contribution is -0.118. The number of alkyl halides is 1. The van der Waals surface area contributed by atoms with Crippen molar-refractivity contribution in [3.05, 3.63) is 29.3 Å². The summed E-state index contributed by atoms with van der Waals surface area (Å²) in [6.45, 7) is 1.71. The quantitative estimate of drug-likeness (QED) is 0.783. The molecule has 0 bridgehead atoms. The van der Waals surface area contributed by atoms with Gasteiger partial charge in [0.2, 0.25) is 5.91 Å². The minimum Gasteiger partial charge on any atom is -0.381 e. The van der Waals surface area contributed by atoms with Gasteiger partial charge >= 0.3 is 0 Å². The molecule has 0 N–H and O–H groups in total. The van der Waals surface area contributed by atoms with Crippen LogP contribution in [-0.4, -0.2) is 26.2 Å². The molecule has 2 heterocycles. The van der Waals surface area contributed by atoms with Crippen LogP contribution in [0.5, 0.6) is 0 Å². The Labute approximate surface area is 122 Å². The molecule has 19 heavy (non-hydrogen) atoms. The number of benzene rings is 1. The molecule has 0 aromatic heterocycles. The summed E-state index contributed by atoms with van der Waals surface area (Å²) in [6.07, 6.45) is 2.59. The molecule has 1 saturated heterocycles. The molecule has 0 saturated carbocycles. The first kappa shape index (κ1) is 13.1. The zero-order chi connectivity index (χ0) is 13.4. The molecule has 1 amide bonds. The lowest BCUT2D eigenvalue weighted by Gasteiger charge is -2.27. The van der Waals surface area contributed by atoms with Crippen LogP contribution in [0.1, 0.15) is 28.8 Å². The summed E-state index contributed by atoms with van der Waals surface area (Å²) < 4.78 is 5.46. The highest BCUT2D eigenvalue weighted by Gasteiger charge is 2.27. The van der Waals surface area contributed by atoms with Gasteiger partial charge in [-0.1, -0.05) is 28.1 Å². The standard InChI is InChI=1S/C15H18BrNO2/c1-17-13-4-2-11(8-10(13)3-5-14(17)18)15(16)12-6-7-19-9-12/h2,4,8,12,15H,3,5-7,9H2,1H3. The van der Waals surface area contributed by atoms with E-state index in [2.05, 4.69) is 34.1 Å². The first-order valence-electron chi connectivity index (χ1n) is 6.78. The molecule has 2 unspecified atom stereocenters. The largest absolute Gasteiger partial charge is 0.381 e. The molecule has 102 valence electrons. The van der Waals surface area contributed by atoms with Crippen molar-refractivity contribution in [2.75, 3.05) is 25.2 Å². The third-order valence-electron chi connectivity index (χ3n) is 4.14.